The summed E-state index contributed by atoms with van der Waals surface area (Å²) in [5.74, 6) is -0.619. The summed E-state index contributed by atoms with van der Waals surface area (Å²) < 4.78 is 18.8. The van der Waals surface area contributed by atoms with Crippen LogP contribution in [0.4, 0.5) is 4.39 Å². The molecule has 4 nitrogen and oxygen atoms in total. The molecule has 1 unspecified atom stereocenters. The summed E-state index contributed by atoms with van der Waals surface area (Å²) >= 11 is 0. The lowest BCUT2D eigenvalue weighted by molar-refractivity contribution is -0.147. The van der Waals surface area contributed by atoms with E-state index in [-0.39, 0.29) is 5.82 Å². The number of halogens is 1. The number of methoxy groups -OCH3 is 1. The lowest BCUT2D eigenvalue weighted by Gasteiger charge is -2.20. The molecule has 0 aromatic heterocycles. The zero-order chi connectivity index (χ0) is 14.0. The molecule has 1 aliphatic rings. The van der Waals surface area contributed by atoms with Gasteiger partial charge in [0.1, 0.15) is 11.6 Å². The van der Waals surface area contributed by atoms with Gasteiger partial charge in [-0.25, -0.2) is 4.39 Å². The molecule has 2 rings (SSSR count). The molecule has 0 radical (unpaired) electrons. The van der Waals surface area contributed by atoms with Gasteiger partial charge in [0.25, 0.3) is 0 Å². The first-order valence-corrected chi connectivity index (χ1v) is 6.23. The molecule has 1 fully saturated rings. The summed E-state index contributed by atoms with van der Waals surface area (Å²) in [4.78, 5) is 13.1. The van der Waals surface area contributed by atoms with Crippen molar-refractivity contribution in [1.82, 2.24) is 4.90 Å². The minimum absolute atomic E-state index is 0.316. The van der Waals surface area contributed by atoms with Gasteiger partial charge in [-0.3, -0.25) is 9.69 Å². The number of hydrogen-bond donors (Lipinski definition) is 1. The molecular formula is C14H18FNO3. The third kappa shape index (κ3) is 2.87. The van der Waals surface area contributed by atoms with Gasteiger partial charge in [0.15, 0.2) is 0 Å². The van der Waals surface area contributed by atoms with Gasteiger partial charge in [-0.05, 0) is 26.0 Å². The highest BCUT2D eigenvalue weighted by molar-refractivity contribution is 5.74. The highest BCUT2D eigenvalue weighted by Gasteiger charge is 2.40. The summed E-state index contributed by atoms with van der Waals surface area (Å²) in [5, 5.41) is 9.16. The van der Waals surface area contributed by atoms with Crippen LogP contribution in [0, 0.1) is 11.2 Å². The van der Waals surface area contributed by atoms with Crippen LogP contribution in [0.2, 0.25) is 0 Å². The number of aliphatic carboxylic acids is 1. The number of likely N-dealkylation sites (tertiary alicyclic amines) is 1. The fourth-order valence-electron chi connectivity index (χ4n) is 2.39. The molecule has 0 saturated carbocycles. The molecule has 0 bridgehead atoms. The summed E-state index contributed by atoms with van der Waals surface area (Å²) in [6.07, 6.45) is 0.597. The summed E-state index contributed by atoms with van der Waals surface area (Å²) in [6.45, 7) is 3.29. The van der Waals surface area contributed by atoms with Crippen LogP contribution in [-0.4, -0.2) is 36.2 Å². The third-order valence-corrected chi connectivity index (χ3v) is 3.72. The molecule has 104 valence electrons. The van der Waals surface area contributed by atoms with Crippen molar-refractivity contribution in [2.75, 3.05) is 20.2 Å². The smallest absolute Gasteiger partial charge is 0.310 e. The number of carbonyl (C=O) groups is 1. The van der Waals surface area contributed by atoms with Crippen molar-refractivity contribution in [1.29, 1.82) is 0 Å². The number of benzene rings is 1. The number of nitrogens with zero attached hydrogens (tertiary/aromatic N) is 1. The van der Waals surface area contributed by atoms with E-state index in [2.05, 4.69) is 0 Å². The Morgan fingerprint density at radius 2 is 2.32 bits per heavy atom. The van der Waals surface area contributed by atoms with Gasteiger partial charge in [-0.15, -0.1) is 0 Å². The SMILES string of the molecule is COc1ccc(CN2CCC(C)(C(=O)O)C2)c(F)c1. The van der Waals surface area contributed by atoms with Crippen molar-refractivity contribution >= 4 is 5.97 Å². The maximum atomic E-state index is 13.8. The molecule has 1 aromatic rings. The standard InChI is InChI=1S/C14H18FNO3/c1-14(13(17)18)5-6-16(9-14)8-10-3-4-11(19-2)7-12(10)15/h3-4,7H,5-6,8-9H2,1-2H3,(H,17,18). The monoisotopic (exact) mass is 267 g/mol. The minimum Gasteiger partial charge on any atom is -0.497 e. The number of carboxylic acids is 1. The van der Waals surface area contributed by atoms with Crippen molar-refractivity contribution in [3.8, 4) is 5.75 Å². The summed E-state index contributed by atoms with van der Waals surface area (Å²) in [7, 11) is 1.49. The highest BCUT2D eigenvalue weighted by atomic mass is 19.1. The van der Waals surface area contributed by atoms with Crippen molar-refractivity contribution in [2.24, 2.45) is 5.41 Å². The Kier molecular flexibility index (Phi) is 3.75. The fraction of sp³-hybridized carbons (Fsp3) is 0.500. The molecule has 5 heteroatoms. The Labute approximate surface area is 111 Å². The zero-order valence-corrected chi connectivity index (χ0v) is 11.1. The van der Waals surface area contributed by atoms with Crippen LogP contribution in [0.1, 0.15) is 18.9 Å². The second-order valence-corrected chi connectivity index (χ2v) is 5.28. The van der Waals surface area contributed by atoms with Crippen LogP contribution >= 0.6 is 0 Å². The summed E-state index contributed by atoms with van der Waals surface area (Å²) in [5.41, 5.74) is -0.154. The lowest BCUT2D eigenvalue weighted by atomic mass is 9.90. The van der Waals surface area contributed by atoms with Gasteiger partial charge in [0.05, 0.1) is 12.5 Å². The van der Waals surface area contributed by atoms with E-state index in [0.717, 1.165) is 0 Å². The normalized spacial score (nSPS) is 23.5. The molecule has 19 heavy (non-hydrogen) atoms. The van der Waals surface area contributed by atoms with E-state index in [1.807, 2.05) is 4.90 Å². The van der Waals surface area contributed by atoms with Crippen LogP contribution < -0.4 is 4.74 Å². The third-order valence-electron chi connectivity index (χ3n) is 3.72. The molecule has 1 N–H and O–H groups in total. The van der Waals surface area contributed by atoms with E-state index >= 15 is 0 Å². The van der Waals surface area contributed by atoms with Crippen molar-refractivity contribution < 1.29 is 19.0 Å². The predicted molar refractivity (Wildman–Crippen MR) is 68.6 cm³/mol. The van der Waals surface area contributed by atoms with E-state index in [9.17, 15) is 9.18 Å². The maximum Gasteiger partial charge on any atom is 0.310 e. The molecule has 1 saturated heterocycles. The first-order valence-electron chi connectivity index (χ1n) is 6.23. The fourth-order valence-corrected chi connectivity index (χ4v) is 2.39. The Bertz CT molecular complexity index is 492. The summed E-state index contributed by atoms with van der Waals surface area (Å²) in [6, 6.07) is 4.75. The first kappa shape index (κ1) is 13.8. The van der Waals surface area contributed by atoms with E-state index < -0.39 is 11.4 Å². The Hall–Kier alpha value is -1.62. The van der Waals surface area contributed by atoms with E-state index in [0.29, 0.717) is 37.4 Å². The highest BCUT2D eigenvalue weighted by Crippen LogP contribution is 2.31. The average Bonchev–Trinajstić information content (AvgIpc) is 2.75. The quantitative estimate of drug-likeness (QED) is 0.908. The Morgan fingerprint density at radius 1 is 1.58 bits per heavy atom. The van der Waals surface area contributed by atoms with Crippen LogP contribution in [-0.2, 0) is 11.3 Å². The Balaban J connectivity index is 2.05. The van der Waals surface area contributed by atoms with Gasteiger partial charge in [-0.1, -0.05) is 6.07 Å². The lowest BCUT2D eigenvalue weighted by Crippen LogP contribution is -2.31. The van der Waals surface area contributed by atoms with E-state index in [1.165, 1.54) is 13.2 Å². The topological polar surface area (TPSA) is 49.8 Å². The van der Waals surface area contributed by atoms with Crippen LogP contribution in [0.25, 0.3) is 0 Å². The van der Waals surface area contributed by atoms with Crippen molar-refractivity contribution in [3.63, 3.8) is 0 Å². The molecule has 1 atom stereocenters. The van der Waals surface area contributed by atoms with Gasteiger partial charge in [-0.2, -0.15) is 0 Å². The predicted octanol–water partition coefficient (Wildman–Crippen LogP) is 2.13. The van der Waals surface area contributed by atoms with E-state index in [1.54, 1.807) is 19.1 Å². The Morgan fingerprint density at radius 3 is 2.84 bits per heavy atom. The maximum absolute atomic E-state index is 13.8. The number of hydrogen-bond acceptors (Lipinski definition) is 3. The van der Waals surface area contributed by atoms with Crippen molar-refractivity contribution in [2.45, 2.75) is 19.9 Å². The van der Waals surface area contributed by atoms with Gasteiger partial charge < -0.3 is 9.84 Å². The van der Waals surface area contributed by atoms with Crippen LogP contribution in [0.5, 0.6) is 5.75 Å². The second-order valence-electron chi connectivity index (χ2n) is 5.28. The van der Waals surface area contributed by atoms with Crippen molar-refractivity contribution in [3.05, 3.63) is 29.6 Å². The molecule has 1 heterocycles. The zero-order valence-electron chi connectivity index (χ0n) is 11.1. The number of ether oxygens (including phenoxy) is 1. The molecule has 1 aromatic carbocycles. The van der Waals surface area contributed by atoms with Gasteiger partial charge >= 0.3 is 5.97 Å². The minimum atomic E-state index is -0.787. The number of carboxylic acid groups (broad SMARTS) is 1. The molecular weight excluding hydrogens is 249 g/mol. The molecule has 0 spiro atoms. The first-order chi connectivity index (χ1) is 8.94. The second kappa shape index (κ2) is 5.17. The largest absolute Gasteiger partial charge is 0.497 e. The molecule has 0 amide bonds. The molecule has 1 aliphatic heterocycles. The van der Waals surface area contributed by atoms with Gasteiger partial charge in [0, 0.05) is 24.7 Å². The molecule has 0 aliphatic carbocycles. The van der Waals surface area contributed by atoms with Crippen LogP contribution in [0.3, 0.4) is 0 Å². The number of rotatable bonds is 4. The average molecular weight is 267 g/mol. The van der Waals surface area contributed by atoms with Crippen LogP contribution in [0.15, 0.2) is 18.2 Å². The van der Waals surface area contributed by atoms with E-state index in [4.69, 9.17) is 9.84 Å². The van der Waals surface area contributed by atoms with Gasteiger partial charge in [0.2, 0.25) is 0 Å².